The molecule has 3 aromatic heterocycles. The van der Waals surface area contributed by atoms with E-state index in [1.807, 2.05) is 6.20 Å². The van der Waals surface area contributed by atoms with Crippen molar-refractivity contribution in [3.05, 3.63) is 223 Å². The molecular weight excluding hydrogens is 751 g/mol. The van der Waals surface area contributed by atoms with Crippen molar-refractivity contribution in [3.8, 4) is 44.5 Å². The average Bonchev–Trinajstić information content (AvgIpc) is 4.05. The minimum absolute atomic E-state index is 0.491. The largest absolute Gasteiger partial charge is 0.308 e. The lowest BCUT2D eigenvalue weighted by Crippen LogP contribution is -2.26. The number of nitrogens with zero attached hydrogens (tertiary/aromatic N) is 3. The van der Waals surface area contributed by atoms with Crippen molar-refractivity contribution in [1.82, 2.24) is 14.4 Å². The molecular formula is C59H33N3. The van der Waals surface area contributed by atoms with E-state index in [0.29, 0.717) is 0 Å². The molecule has 0 atom stereocenters. The molecule has 15 rings (SSSR count). The standard InChI is InChI=1S/C59H33N3/c1-2-14-45-38(10-1)39-24-20-34(31-49(39)57-56(45)60-28-29-61-57)36-21-25-42-43-26-22-37(33-53(43)59(52(42)32-36)50-17-6-3-11-40(50)41-12-4-7-18-51(41)59)35-23-27-55-48(30-35)47-16-9-15-46-44-13-5-8-19-54(44)62(55)58(46)47/h1-33H. The van der Waals surface area contributed by atoms with Crippen LogP contribution >= 0.6 is 0 Å². The van der Waals surface area contributed by atoms with Crippen molar-refractivity contribution in [3.63, 3.8) is 0 Å². The van der Waals surface area contributed by atoms with Crippen molar-refractivity contribution in [2.75, 3.05) is 0 Å². The monoisotopic (exact) mass is 783 g/mol. The van der Waals surface area contributed by atoms with Gasteiger partial charge in [0.1, 0.15) is 0 Å². The third-order valence-electron chi connectivity index (χ3n) is 14.4. The van der Waals surface area contributed by atoms with E-state index in [1.54, 1.807) is 6.20 Å². The first-order valence-corrected chi connectivity index (χ1v) is 21.5. The number of rotatable bonds is 2. The normalized spacial score (nSPS) is 13.6. The summed E-state index contributed by atoms with van der Waals surface area (Å²) in [5, 5.41) is 9.85. The zero-order valence-electron chi connectivity index (χ0n) is 33.4. The summed E-state index contributed by atoms with van der Waals surface area (Å²) in [5.74, 6) is 0. The van der Waals surface area contributed by atoms with Gasteiger partial charge < -0.3 is 4.40 Å². The Kier molecular flexibility index (Phi) is 6.10. The lowest BCUT2D eigenvalue weighted by atomic mass is 9.70. The summed E-state index contributed by atoms with van der Waals surface area (Å²) in [4.78, 5) is 9.74. The maximum absolute atomic E-state index is 4.91. The van der Waals surface area contributed by atoms with Gasteiger partial charge in [0, 0.05) is 44.7 Å². The van der Waals surface area contributed by atoms with Crippen LogP contribution in [0.2, 0.25) is 0 Å². The number of aromatic nitrogens is 3. The van der Waals surface area contributed by atoms with Crippen molar-refractivity contribution >= 4 is 70.7 Å². The quantitative estimate of drug-likeness (QED) is 0.163. The second-order valence-electron chi connectivity index (χ2n) is 17.2. The van der Waals surface area contributed by atoms with Crippen LogP contribution in [0, 0.1) is 0 Å². The third-order valence-corrected chi connectivity index (χ3v) is 14.4. The Balaban J connectivity index is 0.964. The Morgan fingerprint density at radius 3 is 1.48 bits per heavy atom. The Morgan fingerprint density at radius 2 is 0.774 bits per heavy atom. The maximum atomic E-state index is 4.91. The molecule has 0 unspecified atom stereocenters. The predicted octanol–water partition coefficient (Wildman–Crippen LogP) is 14.8. The molecule has 62 heavy (non-hydrogen) atoms. The van der Waals surface area contributed by atoms with Crippen molar-refractivity contribution in [1.29, 1.82) is 0 Å². The summed E-state index contributed by atoms with van der Waals surface area (Å²) in [6, 6.07) is 70.7. The van der Waals surface area contributed by atoms with E-state index in [2.05, 4.69) is 192 Å². The van der Waals surface area contributed by atoms with Gasteiger partial charge in [-0.1, -0.05) is 152 Å². The third kappa shape index (κ3) is 3.93. The van der Waals surface area contributed by atoms with E-state index in [1.165, 1.54) is 116 Å². The highest BCUT2D eigenvalue weighted by molar-refractivity contribution is 6.25. The molecule has 3 nitrogen and oxygen atoms in total. The molecule has 0 saturated carbocycles. The molecule has 3 heterocycles. The van der Waals surface area contributed by atoms with E-state index < -0.39 is 5.41 Å². The lowest BCUT2D eigenvalue weighted by Gasteiger charge is -2.31. The highest BCUT2D eigenvalue weighted by atomic mass is 14.9. The Morgan fingerprint density at radius 1 is 0.306 bits per heavy atom. The van der Waals surface area contributed by atoms with Gasteiger partial charge in [-0.3, -0.25) is 9.97 Å². The summed E-state index contributed by atoms with van der Waals surface area (Å²) < 4.78 is 2.46. The van der Waals surface area contributed by atoms with Crippen LogP contribution in [0.5, 0.6) is 0 Å². The Bertz CT molecular complexity index is 4030. The van der Waals surface area contributed by atoms with Crippen molar-refractivity contribution in [2.24, 2.45) is 0 Å². The first-order valence-electron chi connectivity index (χ1n) is 21.5. The molecule has 284 valence electrons. The Hall–Kier alpha value is -8.14. The molecule has 0 bridgehead atoms. The first-order chi connectivity index (χ1) is 30.8. The minimum atomic E-state index is -0.491. The van der Waals surface area contributed by atoms with Gasteiger partial charge in [-0.05, 0) is 114 Å². The molecule has 0 N–H and O–H groups in total. The fraction of sp³-hybridized carbons (Fsp3) is 0.0169. The van der Waals surface area contributed by atoms with Gasteiger partial charge in [-0.15, -0.1) is 0 Å². The summed E-state index contributed by atoms with van der Waals surface area (Å²) in [5.41, 5.74) is 20.5. The van der Waals surface area contributed by atoms with E-state index >= 15 is 0 Å². The molecule has 2 aliphatic rings. The van der Waals surface area contributed by atoms with Crippen LogP contribution in [0.4, 0.5) is 0 Å². The molecule has 13 aromatic rings. The van der Waals surface area contributed by atoms with Gasteiger partial charge in [0.25, 0.3) is 0 Å². The van der Waals surface area contributed by atoms with Gasteiger partial charge >= 0.3 is 0 Å². The molecule has 0 fully saturated rings. The number of benzene rings is 10. The summed E-state index contributed by atoms with van der Waals surface area (Å²) in [7, 11) is 0. The average molecular weight is 784 g/mol. The number of hydrogen-bond donors (Lipinski definition) is 0. The van der Waals surface area contributed by atoms with Gasteiger partial charge in [0.05, 0.1) is 33.0 Å². The fourth-order valence-corrected chi connectivity index (χ4v) is 11.9. The van der Waals surface area contributed by atoms with Crippen LogP contribution in [0.15, 0.2) is 200 Å². The van der Waals surface area contributed by atoms with Crippen molar-refractivity contribution in [2.45, 2.75) is 5.41 Å². The minimum Gasteiger partial charge on any atom is -0.308 e. The highest BCUT2D eigenvalue weighted by Crippen LogP contribution is 2.63. The fourth-order valence-electron chi connectivity index (χ4n) is 11.9. The molecule has 3 heteroatoms. The van der Waals surface area contributed by atoms with Gasteiger partial charge in [0.15, 0.2) is 0 Å². The number of para-hydroxylation sites is 2. The second-order valence-corrected chi connectivity index (χ2v) is 17.2. The lowest BCUT2D eigenvalue weighted by molar-refractivity contribution is 0.794. The molecule has 0 radical (unpaired) electrons. The second kappa shape index (κ2) is 11.6. The van der Waals surface area contributed by atoms with Gasteiger partial charge in [0.2, 0.25) is 0 Å². The van der Waals surface area contributed by atoms with Gasteiger partial charge in [-0.25, -0.2) is 0 Å². The van der Waals surface area contributed by atoms with Crippen LogP contribution in [-0.4, -0.2) is 14.4 Å². The summed E-state index contributed by atoms with van der Waals surface area (Å²) in [6.45, 7) is 0. The van der Waals surface area contributed by atoms with Crippen LogP contribution in [0.1, 0.15) is 22.3 Å². The molecule has 0 aliphatic heterocycles. The molecule has 10 aromatic carbocycles. The zero-order chi connectivity index (χ0) is 40.3. The van der Waals surface area contributed by atoms with Crippen LogP contribution < -0.4 is 0 Å². The molecule has 0 amide bonds. The SMILES string of the molecule is c1ccc2c(c1)-c1ccccc1C21c2cc(-c3ccc4c5ccccc5c5nccnc5c4c3)ccc2-c2ccc(-c3ccc4c(c3)c3cccc5c6ccccc6n4c53)cc21. The topological polar surface area (TPSA) is 30.2 Å². The smallest absolute Gasteiger partial charge is 0.0971 e. The van der Waals surface area contributed by atoms with E-state index in [-0.39, 0.29) is 0 Å². The Labute approximate surface area is 356 Å². The zero-order valence-corrected chi connectivity index (χ0v) is 33.4. The number of fused-ring (bicyclic) bond motifs is 22. The van der Waals surface area contributed by atoms with Crippen LogP contribution in [0.3, 0.4) is 0 Å². The molecule has 1 spiro atoms. The molecule has 0 saturated heterocycles. The van der Waals surface area contributed by atoms with Crippen molar-refractivity contribution < 1.29 is 0 Å². The van der Waals surface area contributed by atoms with E-state index in [0.717, 1.165) is 21.8 Å². The van der Waals surface area contributed by atoms with Crippen LogP contribution in [-0.2, 0) is 5.41 Å². The maximum Gasteiger partial charge on any atom is 0.0971 e. The number of hydrogen-bond acceptors (Lipinski definition) is 2. The first kappa shape index (κ1) is 32.7. The van der Waals surface area contributed by atoms with E-state index in [9.17, 15) is 0 Å². The van der Waals surface area contributed by atoms with Gasteiger partial charge in [-0.2, -0.15) is 0 Å². The van der Waals surface area contributed by atoms with Crippen LogP contribution in [0.25, 0.3) is 115 Å². The summed E-state index contributed by atoms with van der Waals surface area (Å²) in [6.07, 6.45) is 3.61. The highest BCUT2D eigenvalue weighted by Gasteiger charge is 2.51. The van der Waals surface area contributed by atoms with E-state index in [4.69, 9.17) is 9.97 Å². The predicted molar refractivity (Wildman–Crippen MR) is 256 cm³/mol. The molecule has 2 aliphatic carbocycles. The summed E-state index contributed by atoms with van der Waals surface area (Å²) >= 11 is 0.